The minimum absolute atomic E-state index is 0.554. The first kappa shape index (κ1) is 12.9. The van der Waals surface area contributed by atoms with Crippen LogP contribution in [-0.2, 0) is 19.4 Å². The van der Waals surface area contributed by atoms with Gasteiger partial charge >= 0.3 is 0 Å². The summed E-state index contributed by atoms with van der Waals surface area (Å²) in [6.07, 6.45) is 5.51. The number of hydrogen-bond donors (Lipinski definition) is 1. The van der Waals surface area contributed by atoms with Gasteiger partial charge in [0.15, 0.2) is 0 Å². The molecule has 1 heterocycles. The molecule has 96 valence electrons. The van der Waals surface area contributed by atoms with Crippen LogP contribution in [0.25, 0.3) is 0 Å². The molecule has 0 saturated heterocycles. The highest BCUT2D eigenvalue weighted by molar-refractivity contribution is 6.31. The molecule has 1 aliphatic rings. The summed E-state index contributed by atoms with van der Waals surface area (Å²) in [7, 11) is 0. The fourth-order valence-electron chi connectivity index (χ4n) is 2.71. The minimum Gasteiger partial charge on any atom is -0.389 e. The van der Waals surface area contributed by atoms with E-state index in [2.05, 4.69) is 18.9 Å². The zero-order chi connectivity index (χ0) is 12.5. The molecule has 1 N–H and O–H groups in total. The van der Waals surface area contributed by atoms with E-state index in [9.17, 15) is 5.11 Å². The van der Waals surface area contributed by atoms with E-state index >= 15 is 0 Å². The maximum absolute atomic E-state index is 10.5. The summed E-state index contributed by atoms with van der Waals surface area (Å²) < 4.78 is 1.94. The highest BCUT2D eigenvalue weighted by Gasteiger charge is 2.33. The molecule has 1 fully saturated rings. The highest BCUT2D eigenvalue weighted by atomic mass is 35.5. The molecule has 1 aromatic rings. The van der Waals surface area contributed by atoms with Crippen molar-refractivity contribution in [2.75, 3.05) is 0 Å². The van der Waals surface area contributed by atoms with E-state index in [1.807, 2.05) is 4.68 Å². The lowest BCUT2D eigenvalue weighted by Crippen LogP contribution is -2.28. The topological polar surface area (TPSA) is 38.0 Å². The van der Waals surface area contributed by atoms with Gasteiger partial charge in [0.2, 0.25) is 0 Å². The molecular weight excluding hydrogens is 236 g/mol. The maximum Gasteiger partial charge on any atom is 0.0850 e. The zero-order valence-corrected chi connectivity index (χ0v) is 11.4. The summed E-state index contributed by atoms with van der Waals surface area (Å²) in [5, 5.41) is 15.7. The van der Waals surface area contributed by atoms with Crippen molar-refractivity contribution < 1.29 is 5.11 Å². The molecular formula is C13H21ClN2O. The van der Waals surface area contributed by atoms with E-state index in [1.165, 1.54) is 0 Å². The SMILES string of the molecule is CCc1nn(CC)c(CC2(O)CCCC2)c1Cl. The van der Waals surface area contributed by atoms with E-state index in [-0.39, 0.29) is 0 Å². The largest absolute Gasteiger partial charge is 0.389 e. The Morgan fingerprint density at radius 1 is 1.35 bits per heavy atom. The van der Waals surface area contributed by atoms with Gasteiger partial charge in [0, 0.05) is 13.0 Å². The third-order valence-corrected chi connectivity index (χ3v) is 4.16. The van der Waals surface area contributed by atoms with Gasteiger partial charge in [0.1, 0.15) is 0 Å². The zero-order valence-electron chi connectivity index (χ0n) is 10.7. The normalized spacial score (nSPS) is 18.8. The first-order chi connectivity index (χ1) is 8.09. The Bertz CT molecular complexity index is 394. The number of aliphatic hydroxyl groups is 1. The second-order valence-electron chi connectivity index (χ2n) is 4.98. The van der Waals surface area contributed by atoms with Gasteiger partial charge in [0.25, 0.3) is 0 Å². The van der Waals surface area contributed by atoms with Crippen LogP contribution in [-0.4, -0.2) is 20.5 Å². The third kappa shape index (κ3) is 2.50. The molecule has 0 aliphatic heterocycles. The Morgan fingerprint density at radius 3 is 2.53 bits per heavy atom. The monoisotopic (exact) mass is 256 g/mol. The Kier molecular flexibility index (Phi) is 3.79. The summed E-state index contributed by atoms with van der Waals surface area (Å²) in [4.78, 5) is 0. The summed E-state index contributed by atoms with van der Waals surface area (Å²) in [6.45, 7) is 4.93. The van der Waals surface area contributed by atoms with Crippen molar-refractivity contribution in [3.8, 4) is 0 Å². The van der Waals surface area contributed by atoms with Crippen LogP contribution in [0.5, 0.6) is 0 Å². The standard InChI is InChI=1S/C13H21ClN2O/c1-3-10-12(14)11(16(4-2)15-10)9-13(17)7-5-6-8-13/h17H,3-9H2,1-2H3. The molecule has 0 atom stereocenters. The molecule has 0 unspecified atom stereocenters. The van der Waals surface area contributed by atoms with Crippen LogP contribution < -0.4 is 0 Å². The first-order valence-electron chi connectivity index (χ1n) is 6.56. The predicted molar refractivity (Wildman–Crippen MR) is 69.4 cm³/mol. The summed E-state index contributed by atoms with van der Waals surface area (Å²) in [5.41, 5.74) is 1.40. The van der Waals surface area contributed by atoms with Gasteiger partial charge in [-0.3, -0.25) is 4.68 Å². The van der Waals surface area contributed by atoms with Gasteiger partial charge in [-0.15, -0.1) is 0 Å². The van der Waals surface area contributed by atoms with E-state index < -0.39 is 5.60 Å². The second kappa shape index (κ2) is 4.99. The predicted octanol–water partition coefficient (Wildman–Crippen LogP) is 2.97. The molecule has 0 spiro atoms. The van der Waals surface area contributed by atoms with Crippen molar-refractivity contribution in [1.82, 2.24) is 9.78 Å². The Labute approximate surface area is 108 Å². The number of hydrogen-bond acceptors (Lipinski definition) is 2. The Hall–Kier alpha value is -0.540. The van der Waals surface area contributed by atoms with Crippen molar-refractivity contribution in [1.29, 1.82) is 0 Å². The van der Waals surface area contributed by atoms with E-state index in [1.54, 1.807) is 0 Å². The molecule has 1 aliphatic carbocycles. The molecule has 0 radical (unpaired) electrons. The molecule has 0 bridgehead atoms. The first-order valence-corrected chi connectivity index (χ1v) is 6.94. The summed E-state index contributed by atoms with van der Waals surface area (Å²) >= 11 is 6.35. The highest BCUT2D eigenvalue weighted by Crippen LogP contribution is 2.35. The average molecular weight is 257 g/mol. The lowest BCUT2D eigenvalue weighted by Gasteiger charge is -2.22. The smallest absolute Gasteiger partial charge is 0.0850 e. The van der Waals surface area contributed by atoms with Gasteiger partial charge in [-0.1, -0.05) is 31.4 Å². The van der Waals surface area contributed by atoms with Crippen molar-refractivity contribution in [3.05, 3.63) is 16.4 Å². The van der Waals surface area contributed by atoms with E-state index in [0.29, 0.717) is 6.42 Å². The lowest BCUT2D eigenvalue weighted by atomic mass is 9.95. The van der Waals surface area contributed by atoms with Gasteiger partial charge < -0.3 is 5.11 Å². The number of nitrogens with zero attached hydrogens (tertiary/aromatic N) is 2. The molecule has 3 nitrogen and oxygen atoms in total. The number of halogens is 1. The average Bonchev–Trinajstić information content (AvgIpc) is 2.86. The molecule has 17 heavy (non-hydrogen) atoms. The van der Waals surface area contributed by atoms with Gasteiger partial charge in [-0.25, -0.2) is 0 Å². The maximum atomic E-state index is 10.5. The second-order valence-corrected chi connectivity index (χ2v) is 5.36. The molecule has 1 saturated carbocycles. The fourth-order valence-corrected chi connectivity index (χ4v) is 3.04. The van der Waals surface area contributed by atoms with Gasteiger partial charge in [-0.2, -0.15) is 5.10 Å². The molecule has 0 amide bonds. The van der Waals surface area contributed by atoms with Crippen molar-refractivity contribution in [3.63, 3.8) is 0 Å². The fraction of sp³-hybridized carbons (Fsp3) is 0.769. The number of rotatable bonds is 4. The van der Waals surface area contributed by atoms with E-state index in [4.69, 9.17) is 11.6 Å². The van der Waals surface area contributed by atoms with Crippen molar-refractivity contribution >= 4 is 11.6 Å². The number of aryl methyl sites for hydroxylation is 2. The van der Waals surface area contributed by atoms with Crippen LogP contribution in [0.1, 0.15) is 50.9 Å². The third-order valence-electron chi connectivity index (χ3n) is 3.72. The minimum atomic E-state index is -0.554. The van der Waals surface area contributed by atoms with Crippen LogP contribution >= 0.6 is 11.6 Å². The van der Waals surface area contributed by atoms with Gasteiger partial charge in [-0.05, 0) is 26.2 Å². The lowest BCUT2D eigenvalue weighted by molar-refractivity contribution is 0.0461. The Balaban J connectivity index is 2.27. The van der Waals surface area contributed by atoms with Crippen LogP contribution in [0.2, 0.25) is 5.02 Å². The van der Waals surface area contributed by atoms with Crippen LogP contribution in [0, 0.1) is 0 Å². The van der Waals surface area contributed by atoms with Crippen LogP contribution in [0.15, 0.2) is 0 Å². The quantitative estimate of drug-likeness (QED) is 0.900. The molecule has 0 aromatic carbocycles. The van der Waals surface area contributed by atoms with Crippen LogP contribution in [0.4, 0.5) is 0 Å². The number of aromatic nitrogens is 2. The molecule has 1 aromatic heterocycles. The molecule has 4 heteroatoms. The summed E-state index contributed by atoms with van der Waals surface area (Å²) in [6, 6.07) is 0. The van der Waals surface area contributed by atoms with Crippen molar-refractivity contribution in [2.24, 2.45) is 0 Å². The van der Waals surface area contributed by atoms with Gasteiger partial charge in [0.05, 0.1) is 22.0 Å². The Morgan fingerprint density at radius 2 is 2.00 bits per heavy atom. The van der Waals surface area contributed by atoms with Crippen LogP contribution in [0.3, 0.4) is 0 Å². The molecule has 2 rings (SSSR count). The van der Waals surface area contributed by atoms with E-state index in [0.717, 1.165) is 55.1 Å². The summed E-state index contributed by atoms with van der Waals surface area (Å²) in [5.74, 6) is 0. The van der Waals surface area contributed by atoms with Crippen molar-refractivity contribution in [2.45, 2.75) is 64.5 Å².